The maximum Gasteiger partial charge on any atom is 0.163 e. The number of nitrogens with zero attached hydrogens (tertiary/aromatic N) is 1. The minimum atomic E-state index is -0.413. The number of halogens is 2. The number of benzene rings is 2. The molecule has 0 aliphatic heterocycles. The van der Waals surface area contributed by atoms with Gasteiger partial charge in [-0.3, -0.25) is 14.6 Å². The standard InChI is InChI=1S/C22H17F2NO2/c23-19-5-1-16(2-6-19)21(26)13-18(15-9-11-25-12-10-15)14-22(27)17-3-7-20(24)8-4-17/h1-12,18H,13-14H2. The van der Waals surface area contributed by atoms with Crippen LogP contribution in [0.15, 0.2) is 73.1 Å². The van der Waals surface area contributed by atoms with Crippen LogP contribution in [0.4, 0.5) is 8.78 Å². The second kappa shape index (κ2) is 8.45. The van der Waals surface area contributed by atoms with Crippen LogP contribution in [0.1, 0.15) is 45.0 Å². The van der Waals surface area contributed by atoms with Crippen LogP contribution < -0.4 is 0 Å². The van der Waals surface area contributed by atoms with Crippen molar-refractivity contribution in [3.05, 3.63) is 101 Å². The number of carbonyl (C=O) groups excluding carboxylic acids is 2. The molecular weight excluding hydrogens is 348 g/mol. The Hall–Kier alpha value is -3.21. The molecule has 136 valence electrons. The molecule has 5 heteroatoms. The number of aromatic nitrogens is 1. The number of carbonyl (C=O) groups is 2. The van der Waals surface area contributed by atoms with Gasteiger partial charge in [-0.15, -0.1) is 0 Å². The van der Waals surface area contributed by atoms with E-state index in [1.54, 1.807) is 24.5 Å². The van der Waals surface area contributed by atoms with Gasteiger partial charge in [0.05, 0.1) is 0 Å². The van der Waals surface area contributed by atoms with Crippen molar-refractivity contribution in [3.8, 4) is 0 Å². The second-order valence-corrected chi connectivity index (χ2v) is 6.25. The molecule has 1 heterocycles. The summed E-state index contributed by atoms with van der Waals surface area (Å²) in [6.45, 7) is 0. The molecule has 3 aromatic rings. The fraction of sp³-hybridized carbons (Fsp3) is 0.136. The molecule has 0 aliphatic carbocycles. The first-order valence-electron chi connectivity index (χ1n) is 8.50. The van der Waals surface area contributed by atoms with Gasteiger partial charge in [0.25, 0.3) is 0 Å². The van der Waals surface area contributed by atoms with Gasteiger partial charge >= 0.3 is 0 Å². The maximum absolute atomic E-state index is 13.1. The Morgan fingerprint density at radius 3 is 1.52 bits per heavy atom. The van der Waals surface area contributed by atoms with Crippen LogP contribution >= 0.6 is 0 Å². The molecule has 0 atom stereocenters. The van der Waals surface area contributed by atoms with Crippen molar-refractivity contribution >= 4 is 11.6 Å². The quantitative estimate of drug-likeness (QED) is 0.554. The molecule has 0 saturated heterocycles. The summed E-state index contributed by atoms with van der Waals surface area (Å²) in [5, 5.41) is 0. The Kier molecular flexibility index (Phi) is 5.81. The summed E-state index contributed by atoms with van der Waals surface area (Å²) in [7, 11) is 0. The summed E-state index contributed by atoms with van der Waals surface area (Å²) in [6.07, 6.45) is 3.41. The van der Waals surface area contributed by atoms with E-state index in [-0.39, 0.29) is 30.3 Å². The zero-order valence-electron chi connectivity index (χ0n) is 14.4. The number of ketones is 2. The number of Topliss-reactive ketones (excluding diaryl/α,β-unsaturated/α-hetero) is 2. The topological polar surface area (TPSA) is 47.0 Å². The lowest BCUT2D eigenvalue weighted by Crippen LogP contribution is -2.13. The van der Waals surface area contributed by atoms with Crippen LogP contribution in [0.2, 0.25) is 0 Å². The van der Waals surface area contributed by atoms with E-state index in [0.717, 1.165) is 5.56 Å². The minimum absolute atomic E-state index is 0.0998. The highest BCUT2D eigenvalue weighted by Gasteiger charge is 2.21. The second-order valence-electron chi connectivity index (χ2n) is 6.25. The van der Waals surface area contributed by atoms with E-state index in [4.69, 9.17) is 0 Å². The molecule has 0 N–H and O–H groups in total. The highest BCUT2D eigenvalue weighted by molar-refractivity contribution is 5.99. The van der Waals surface area contributed by atoms with Gasteiger partial charge in [0.1, 0.15) is 11.6 Å². The Morgan fingerprint density at radius 1 is 0.704 bits per heavy atom. The van der Waals surface area contributed by atoms with E-state index in [1.165, 1.54) is 48.5 Å². The first-order chi connectivity index (χ1) is 13.0. The molecule has 0 spiro atoms. The smallest absolute Gasteiger partial charge is 0.163 e. The van der Waals surface area contributed by atoms with Crippen LogP contribution in [0.5, 0.6) is 0 Å². The third kappa shape index (κ3) is 4.91. The van der Waals surface area contributed by atoms with Gasteiger partial charge in [-0.05, 0) is 72.1 Å². The lowest BCUT2D eigenvalue weighted by atomic mass is 9.87. The van der Waals surface area contributed by atoms with Crippen molar-refractivity contribution in [2.24, 2.45) is 0 Å². The van der Waals surface area contributed by atoms with Crippen molar-refractivity contribution in [2.45, 2.75) is 18.8 Å². The summed E-state index contributed by atoms with van der Waals surface area (Å²) in [5.41, 5.74) is 1.60. The molecule has 3 rings (SSSR count). The molecule has 1 aromatic heterocycles. The van der Waals surface area contributed by atoms with Gasteiger partial charge in [-0.2, -0.15) is 0 Å². The number of pyridine rings is 1. The third-order valence-corrected chi connectivity index (χ3v) is 4.37. The van der Waals surface area contributed by atoms with Gasteiger partial charge in [0.2, 0.25) is 0 Å². The molecule has 0 radical (unpaired) electrons. The Bertz CT molecular complexity index is 863. The monoisotopic (exact) mass is 365 g/mol. The van der Waals surface area contributed by atoms with Crippen molar-refractivity contribution in [3.63, 3.8) is 0 Å². The fourth-order valence-electron chi connectivity index (χ4n) is 2.90. The predicted octanol–water partition coefficient (Wildman–Crippen LogP) is 4.99. The summed E-state index contributed by atoms with van der Waals surface area (Å²) >= 11 is 0. The Labute approximate surface area is 155 Å². The van der Waals surface area contributed by atoms with E-state index in [0.29, 0.717) is 11.1 Å². The first kappa shape index (κ1) is 18.6. The molecule has 0 fully saturated rings. The number of hydrogen-bond acceptors (Lipinski definition) is 3. The van der Waals surface area contributed by atoms with Crippen LogP contribution in [0, 0.1) is 11.6 Å². The van der Waals surface area contributed by atoms with Gasteiger partial charge in [0, 0.05) is 36.4 Å². The van der Waals surface area contributed by atoms with E-state index >= 15 is 0 Å². The molecule has 27 heavy (non-hydrogen) atoms. The van der Waals surface area contributed by atoms with Gasteiger partial charge in [-0.1, -0.05) is 0 Å². The molecular formula is C22H17F2NO2. The zero-order chi connectivity index (χ0) is 19.2. The molecule has 0 aliphatic rings. The number of rotatable bonds is 7. The van der Waals surface area contributed by atoms with Gasteiger partial charge in [-0.25, -0.2) is 8.78 Å². The van der Waals surface area contributed by atoms with Crippen molar-refractivity contribution in [1.82, 2.24) is 4.98 Å². The molecule has 0 unspecified atom stereocenters. The molecule has 0 amide bonds. The van der Waals surface area contributed by atoms with Crippen LogP contribution in [0.25, 0.3) is 0 Å². The zero-order valence-corrected chi connectivity index (χ0v) is 14.4. The van der Waals surface area contributed by atoms with Crippen molar-refractivity contribution in [1.29, 1.82) is 0 Å². The van der Waals surface area contributed by atoms with E-state index in [1.807, 2.05) is 0 Å². The maximum atomic E-state index is 13.1. The first-order valence-corrected chi connectivity index (χ1v) is 8.50. The van der Waals surface area contributed by atoms with Crippen LogP contribution in [0.3, 0.4) is 0 Å². The van der Waals surface area contributed by atoms with E-state index in [9.17, 15) is 18.4 Å². The molecule has 0 saturated carbocycles. The average Bonchev–Trinajstić information content (AvgIpc) is 2.69. The highest BCUT2D eigenvalue weighted by atomic mass is 19.1. The largest absolute Gasteiger partial charge is 0.294 e. The highest BCUT2D eigenvalue weighted by Crippen LogP contribution is 2.27. The van der Waals surface area contributed by atoms with E-state index < -0.39 is 11.6 Å². The van der Waals surface area contributed by atoms with Crippen LogP contribution in [-0.4, -0.2) is 16.6 Å². The lowest BCUT2D eigenvalue weighted by Gasteiger charge is -2.16. The minimum Gasteiger partial charge on any atom is -0.294 e. The SMILES string of the molecule is O=C(CC(CC(=O)c1ccc(F)cc1)c1ccncc1)c1ccc(F)cc1. The normalized spacial score (nSPS) is 10.8. The average molecular weight is 365 g/mol. The molecule has 2 aromatic carbocycles. The van der Waals surface area contributed by atoms with E-state index in [2.05, 4.69) is 4.98 Å². The van der Waals surface area contributed by atoms with Crippen molar-refractivity contribution < 1.29 is 18.4 Å². The summed E-state index contributed by atoms with van der Waals surface area (Å²) in [4.78, 5) is 29.2. The summed E-state index contributed by atoms with van der Waals surface area (Å²) in [6, 6.07) is 14.2. The molecule has 0 bridgehead atoms. The summed E-state index contributed by atoms with van der Waals surface area (Å²) in [5.74, 6) is -1.54. The van der Waals surface area contributed by atoms with Crippen molar-refractivity contribution in [2.75, 3.05) is 0 Å². The predicted molar refractivity (Wildman–Crippen MR) is 97.7 cm³/mol. The van der Waals surface area contributed by atoms with Crippen LogP contribution in [-0.2, 0) is 0 Å². The Morgan fingerprint density at radius 2 is 1.11 bits per heavy atom. The fourth-order valence-corrected chi connectivity index (χ4v) is 2.90. The Balaban J connectivity index is 1.81. The summed E-state index contributed by atoms with van der Waals surface area (Å²) < 4.78 is 26.2. The lowest BCUT2D eigenvalue weighted by molar-refractivity contribution is 0.0944. The third-order valence-electron chi connectivity index (χ3n) is 4.37. The molecule has 3 nitrogen and oxygen atoms in total. The number of hydrogen-bond donors (Lipinski definition) is 0. The van der Waals surface area contributed by atoms with Gasteiger partial charge in [0.15, 0.2) is 11.6 Å². The van der Waals surface area contributed by atoms with Gasteiger partial charge < -0.3 is 0 Å².